The summed E-state index contributed by atoms with van der Waals surface area (Å²) >= 11 is 1.59. The number of ether oxygens (including phenoxy) is 1. The van der Waals surface area contributed by atoms with Gasteiger partial charge in [-0.3, -0.25) is 4.79 Å². The highest BCUT2D eigenvalue weighted by atomic mass is 32.2. The molecule has 1 atom stereocenters. The minimum atomic E-state index is -0.164. The molecule has 0 heterocycles. The molecule has 0 saturated carbocycles. The molecule has 24 heavy (non-hydrogen) atoms. The highest BCUT2D eigenvalue weighted by molar-refractivity contribution is 7.99. The Morgan fingerprint density at radius 1 is 1.21 bits per heavy atom. The second-order valence-electron chi connectivity index (χ2n) is 5.18. The summed E-state index contributed by atoms with van der Waals surface area (Å²) < 4.78 is 5.38. The number of amides is 1. The van der Waals surface area contributed by atoms with Crippen LogP contribution in [0.15, 0.2) is 59.7 Å². The third-order valence-electron chi connectivity index (χ3n) is 3.29. The summed E-state index contributed by atoms with van der Waals surface area (Å²) in [5.74, 6) is 1.53. The van der Waals surface area contributed by atoms with E-state index >= 15 is 0 Å². The predicted molar refractivity (Wildman–Crippen MR) is 101 cm³/mol. The van der Waals surface area contributed by atoms with Crippen molar-refractivity contribution < 1.29 is 9.53 Å². The minimum Gasteiger partial charge on any atom is -0.494 e. The average Bonchev–Trinajstić information content (AvgIpc) is 2.62. The predicted octanol–water partition coefficient (Wildman–Crippen LogP) is 3.86. The van der Waals surface area contributed by atoms with E-state index in [0.717, 1.165) is 17.1 Å². The van der Waals surface area contributed by atoms with Gasteiger partial charge in [0.2, 0.25) is 0 Å². The van der Waals surface area contributed by atoms with E-state index in [-0.39, 0.29) is 11.2 Å². The second kappa shape index (κ2) is 9.78. The number of rotatable bonds is 8. The molecule has 5 heteroatoms. The van der Waals surface area contributed by atoms with E-state index < -0.39 is 0 Å². The van der Waals surface area contributed by atoms with Crippen molar-refractivity contribution in [3.63, 3.8) is 0 Å². The molecule has 0 radical (unpaired) electrons. The Labute approximate surface area is 147 Å². The van der Waals surface area contributed by atoms with Crippen molar-refractivity contribution >= 4 is 23.9 Å². The SMILES string of the molecule is CCOc1ccc(/C=N/NC(=O)C(C)SCc2ccccc2)cc1. The van der Waals surface area contributed by atoms with Crippen LogP contribution in [0, 0.1) is 0 Å². The zero-order chi connectivity index (χ0) is 17.2. The zero-order valence-corrected chi connectivity index (χ0v) is 14.8. The third-order valence-corrected chi connectivity index (χ3v) is 4.51. The topological polar surface area (TPSA) is 50.7 Å². The van der Waals surface area contributed by atoms with E-state index in [1.54, 1.807) is 18.0 Å². The lowest BCUT2D eigenvalue weighted by molar-refractivity contribution is -0.120. The van der Waals surface area contributed by atoms with Crippen molar-refractivity contribution in [1.82, 2.24) is 5.43 Å². The van der Waals surface area contributed by atoms with Gasteiger partial charge in [0, 0.05) is 5.75 Å². The van der Waals surface area contributed by atoms with Crippen LogP contribution in [0.5, 0.6) is 5.75 Å². The first kappa shape index (κ1) is 18.1. The molecular weight excluding hydrogens is 320 g/mol. The highest BCUT2D eigenvalue weighted by Crippen LogP contribution is 2.17. The fourth-order valence-electron chi connectivity index (χ4n) is 1.95. The summed E-state index contributed by atoms with van der Waals surface area (Å²) in [5.41, 5.74) is 4.70. The molecule has 0 fully saturated rings. The van der Waals surface area contributed by atoms with E-state index in [1.807, 2.05) is 56.3 Å². The van der Waals surface area contributed by atoms with E-state index in [9.17, 15) is 4.79 Å². The van der Waals surface area contributed by atoms with Gasteiger partial charge in [0.15, 0.2) is 0 Å². The molecule has 0 aromatic heterocycles. The van der Waals surface area contributed by atoms with Crippen LogP contribution in [-0.2, 0) is 10.5 Å². The van der Waals surface area contributed by atoms with E-state index in [4.69, 9.17) is 4.74 Å². The first-order chi connectivity index (χ1) is 11.7. The fraction of sp³-hybridized carbons (Fsp3) is 0.263. The summed E-state index contributed by atoms with van der Waals surface area (Å²) in [7, 11) is 0. The van der Waals surface area contributed by atoms with Crippen molar-refractivity contribution in [1.29, 1.82) is 0 Å². The summed E-state index contributed by atoms with van der Waals surface area (Å²) in [6.07, 6.45) is 1.63. The second-order valence-corrected chi connectivity index (χ2v) is 6.50. The Morgan fingerprint density at radius 2 is 1.92 bits per heavy atom. The molecule has 4 nitrogen and oxygen atoms in total. The quantitative estimate of drug-likeness (QED) is 0.585. The Bertz CT molecular complexity index is 657. The molecule has 0 aliphatic heterocycles. The van der Waals surface area contributed by atoms with Crippen molar-refractivity contribution in [2.75, 3.05) is 6.61 Å². The number of nitrogens with zero attached hydrogens (tertiary/aromatic N) is 1. The number of hydrogen-bond donors (Lipinski definition) is 1. The number of hydrogen-bond acceptors (Lipinski definition) is 4. The number of benzene rings is 2. The lowest BCUT2D eigenvalue weighted by Crippen LogP contribution is -2.26. The van der Waals surface area contributed by atoms with Gasteiger partial charge in [-0.05, 0) is 49.2 Å². The highest BCUT2D eigenvalue weighted by Gasteiger charge is 2.12. The molecule has 0 saturated heterocycles. The molecule has 1 N–H and O–H groups in total. The number of thioether (sulfide) groups is 1. The van der Waals surface area contributed by atoms with Crippen LogP contribution < -0.4 is 10.2 Å². The van der Waals surface area contributed by atoms with Gasteiger partial charge in [-0.2, -0.15) is 5.10 Å². The number of nitrogens with one attached hydrogen (secondary N) is 1. The summed E-state index contributed by atoms with van der Waals surface area (Å²) in [6, 6.07) is 17.7. The Balaban J connectivity index is 1.76. The van der Waals surface area contributed by atoms with Gasteiger partial charge in [-0.15, -0.1) is 11.8 Å². The lowest BCUT2D eigenvalue weighted by Gasteiger charge is -2.09. The number of hydrazone groups is 1. The van der Waals surface area contributed by atoms with Gasteiger partial charge in [0.1, 0.15) is 5.75 Å². The maximum Gasteiger partial charge on any atom is 0.252 e. The molecular formula is C19H22N2O2S. The molecule has 2 rings (SSSR count). The van der Waals surface area contributed by atoms with Crippen molar-refractivity contribution in [3.05, 3.63) is 65.7 Å². The lowest BCUT2D eigenvalue weighted by atomic mass is 10.2. The van der Waals surface area contributed by atoms with Gasteiger partial charge in [-0.1, -0.05) is 30.3 Å². The van der Waals surface area contributed by atoms with Crippen molar-refractivity contribution in [3.8, 4) is 5.75 Å². The molecule has 1 unspecified atom stereocenters. The van der Waals surface area contributed by atoms with Crippen LogP contribution in [0.4, 0.5) is 0 Å². The maximum atomic E-state index is 12.0. The normalized spacial score (nSPS) is 12.1. The van der Waals surface area contributed by atoms with Crippen LogP contribution in [0.2, 0.25) is 0 Å². The zero-order valence-electron chi connectivity index (χ0n) is 13.9. The summed E-state index contributed by atoms with van der Waals surface area (Å²) in [6.45, 7) is 4.47. The molecule has 0 bridgehead atoms. The number of carbonyl (C=O) groups excluding carboxylic acids is 1. The molecule has 1 amide bonds. The van der Waals surface area contributed by atoms with E-state index in [2.05, 4.69) is 22.7 Å². The first-order valence-electron chi connectivity index (χ1n) is 7.90. The van der Waals surface area contributed by atoms with Crippen LogP contribution in [0.1, 0.15) is 25.0 Å². The van der Waals surface area contributed by atoms with Gasteiger partial charge in [-0.25, -0.2) is 5.43 Å². The average molecular weight is 342 g/mol. The molecule has 0 aliphatic rings. The molecule has 0 spiro atoms. The van der Waals surface area contributed by atoms with Crippen LogP contribution in [0.3, 0.4) is 0 Å². The first-order valence-corrected chi connectivity index (χ1v) is 8.95. The van der Waals surface area contributed by atoms with Crippen molar-refractivity contribution in [2.24, 2.45) is 5.10 Å². The van der Waals surface area contributed by atoms with Crippen LogP contribution in [-0.4, -0.2) is 24.0 Å². The van der Waals surface area contributed by atoms with Crippen LogP contribution >= 0.6 is 11.8 Å². The Kier molecular flexibility index (Phi) is 7.36. The maximum absolute atomic E-state index is 12.0. The third kappa shape index (κ3) is 6.08. The fourth-order valence-corrected chi connectivity index (χ4v) is 2.79. The molecule has 2 aromatic carbocycles. The molecule has 126 valence electrons. The standard InChI is InChI=1S/C19H22N2O2S/c1-3-23-18-11-9-16(10-12-18)13-20-21-19(22)15(2)24-14-17-7-5-4-6-8-17/h4-13,15H,3,14H2,1-2H3,(H,21,22)/b20-13+. The Hall–Kier alpha value is -2.27. The minimum absolute atomic E-state index is 0.0990. The van der Waals surface area contributed by atoms with E-state index in [0.29, 0.717) is 6.61 Å². The summed E-state index contributed by atoms with van der Waals surface area (Å²) in [5, 5.41) is 3.85. The molecule has 0 aliphatic carbocycles. The van der Waals surface area contributed by atoms with Gasteiger partial charge in [0.25, 0.3) is 5.91 Å². The van der Waals surface area contributed by atoms with Gasteiger partial charge in [0.05, 0.1) is 18.1 Å². The van der Waals surface area contributed by atoms with Gasteiger partial charge >= 0.3 is 0 Å². The molecule has 2 aromatic rings. The van der Waals surface area contributed by atoms with Crippen molar-refractivity contribution in [2.45, 2.75) is 24.9 Å². The largest absolute Gasteiger partial charge is 0.494 e. The monoisotopic (exact) mass is 342 g/mol. The summed E-state index contributed by atoms with van der Waals surface area (Å²) in [4.78, 5) is 12.0. The Morgan fingerprint density at radius 3 is 2.58 bits per heavy atom. The van der Waals surface area contributed by atoms with Gasteiger partial charge < -0.3 is 4.74 Å². The van der Waals surface area contributed by atoms with E-state index in [1.165, 1.54) is 5.56 Å². The van der Waals surface area contributed by atoms with Crippen LogP contribution in [0.25, 0.3) is 0 Å². The smallest absolute Gasteiger partial charge is 0.252 e. The number of carbonyl (C=O) groups is 1.